The van der Waals surface area contributed by atoms with Gasteiger partial charge in [-0.2, -0.15) is 0 Å². The van der Waals surface area contributed by atoms with Crippen molar-refractivity contribution in [2.45, 2.75) is 19.9 Å². The molecular formula is C16H20N4O3. The first-order valence-corrected chi connectivity index (χ1v) is 7.77. The highest BCUT2D eigenvalue weighted by molar-refractivity contribution is 5.94. The van der Waals surface area contributed by atoms with Gasteiger partial charge in [-0.25, -0.2) is 0 Å². The maximum atomic E-state index is 12.4. The third-order valence-corrected chi connectivity index (χ3v) is 3.94. The van der Waals surface area contributed by atoms with Gasteiger partial charge in [-0.1, -0.05) is 6.92 Å². The van der Waals surface area contributed by atoms with E-state index in [2.05, 4.69) is 15.1 Å². The molecule has 122 valence electrons. The molecular weight excluding hydrogens is 296 g/mol. The standard InChI is InChI=1S/C16H20N4O3/c1-2-14-17-18-15(23-14)11-19-7-9-20(10-8-19)16(22)12-3-5-13(21)6-4-12/h3-6,21H,2,7-11H2,1H3. The summed E-state index contributed by atoms with van der Waals surface area (Å²) >= 11 is 0. The van der Waals surface area contributed by atoms with Gasteiger partial charge in [0.1, 0.15) is 5.75 Å². The minimum atomic E-state index is -0.00397. The fraction of sp³-hybridized carbons (Fsp3) is 0.438. The Labute approximate surface area is 134 Å². The molecule has 1 aliphatic rings. The second-order valence-corrected chi connectivity index (χ2v) is 5.56. The molecule has 0 spiro atoms. The van der Waals surface area contributed by atoms with E-state index in [9.17, 15) is 9.90 Å². The van der Waals surface area contributed by atoms with Crippen LogP contribution in [0.15, 0.2) is 28.7 Å². The SMILES string of the molecule is CCc1nnc(CN2CCN(C(=O)c3ccc(O)cc3)CC2)o1. The number of hydrogen-bond acceptors (Lipinski definition) is 6. The molecule has 1 fully saturated rings. The smallest absolute Gasteiger partial charge is 0.253 e. The van der Waals surface area contributed by atoms with Crippen LogP contribution in [0.2, 0.25) is 0 Å². The predicted octanol–water partition coefficient (Wildman–Crippen LogP) is 1.30. The van der Waals surface area contributed by atoms with Crippen molar-refractivity contribution in [2.75, 3.05) is 26.2 Å². The van der Waals surface area contributed by atoms with Gasteiger partial charge in [0.05, 0.1) is 6.54 Å². The van der Waals surface area contributed by atoms with Gasteiger partial charge >= 0.3 is 0 Å². The van der Waals surface area contributed by atoms with Crippen LogP contribution in [0, 0.1) is 0 Å². The number of phenolic OH excluding ortho intramolecular Hbond substituents is 1. The van der Waals surface area contributed by atoms with Crippen molar-refractivity contribution in [1.82, 2.24) is 20.0 Å². The summed E-state index contributed by atoms with van der Waals surface area (Å²) in [4.78, 5) is 16.4. The first-order valence-electron chi connectivity index (χ1n) is 7.77. The number of aryl methyl sites for hydroxylation is 1. The van der Waals surface area contributed by atoms with E-state index in [1.807, 2.05) is 11.8 Å². The third-order valence-electron chi connectivity index (χ3n) is 3.94. The Morgan fingerprint density at radius 2 is 1.78 bits per heavy atom. The van der Waals surface area contributed by atoms with Crippen molar-refractivity contribution in [1.29, 1.82) is 0 Å². The van der Waals surface area contributed by atoms with Crippen LogP contribution in [0.3, 0.4) is 0 Å². The second kappa shape index (κ2) is 6.78. The van der Waals surface area contributed by atoms with Crippen molar-refractivity contribution in [3.8, 4) is 5.75 Å². The van der Waals surface area contributed by atoms with Gasteiger partial charge in [-0.15, -0.1) is 10.2 Å². The van der Waals surface area contributed by atoms with Crippen LogP contribution in [0.4, 0.5) is 0 Å². The first-order chi connectivity index (χ1) is 11.2. The van der Waals surface area contributed by atoms with E-state index in [0.717, 1.165) is 19.5 Å². The summed E-state index contributed by atoms with van der Waals surface area (Å²) in [7, 11) is 0. The van der Waals surface area contributed by atoms with Crippen LogP contribution in [-0.4, -0.2) is 57.2 Å². The van der Waals surface area contributed by atoms with Gasteiger partial charge in [0, 0.05) is 38.2 Å². The molecule has 3 rings (SSSR count). The number of piperazine rings is 1. The van der Waals surface area contributed by atoms with Gasteiger partial charge in [0.25, 0.3) is 5.91 Å². The van der Waals surface area contributed by atoms with E-state index in [4.69, 9.17) is 4.42 Å². The molecule has 0 radical (unpaired) electrons. The van der Waals surface area contributed by atoms with E-state index < -0.39 is 0 Å². The molecule has 1 N–H and O–H groups in total. The molecule has 1 amide bonds. The Kier molecular flexibility index (Phi) is 4.57. The van der Waals surface area contributed by atoms with Crippen molar-refractivity contribution >= 4 is 5.91 Å². The molecule has 7 nitrogen and oxygen atoms in total. The van der Waals surface area contributed by atoms with Crippen LogP contribution in [0.25, 0.3) is 0 Å². The maximum Gasteiger partial charge on any atom is 0.253 e. The highest BCUT2D eigenvalue weighted by Crippen LogP contribution is 2.14. The number of hydrogen-bond donors (Lipinski definition) is 1. The Morgan fingerprint density at radius 3 is 2.39 bits per heavy atom. The van der Waals surface area contributed by atoms with E-state index in [0.29, 0.717) is 37.0 Å². The minimum absolute atomic E-state index is 0.00397. The largest absolute Gasteiger partial charge is 0.508 e. The molecule has 0 bridgehead atoms. The second-order valence-electron chi connectivity index (χ2n) is 5.56. The van der Waals surface area contributed by atoms with E-state index in [-0.39, 0.29) is 11.7 Å². The summed E-state index contributed by atoms with van der Waals surface area (Å²) in [6, 6.07) is 6.36. The summed E-state index contributed by atoms with van der Waals surface area (Å²) < 4.78 is 5.52. The lowest BCUT2D eigenvalue weighted by atomic mass is 10.1. The molecule has 2 heterocycles. The minimum Gasteiger partial charge on any atom is -0.508 e. The lowest BCUT2D eigenvalue weighted by Gasteiger charge is -2.34. The molecule has 2 aromatic rings. The van der Waals surface area contributed by atoms with E-state index in [1.165, 1.54) is 12.1 Å². The van der Waals surface area contributed by atoms with E-state index in [1.54, 1.807) is 12.1 Å². The molecule has 7 heteroatoms. The number of carbonyl (C=O) groups is 1. The molecule has 0 aliphatic carbocycles. The summed E-state index contributed by atoms with van der Waals surface area (Å²) in [6.45, 7) is 5.46. The van der Waals surface area contributed by atoms with Crippen LogP contribution in [0.5, 0.6) is 5.75 Å². The van der Waals surface area contributed by atoms with Crippen LogP contribution < -0.4 is 0 Å². The zero-order chi connectivity index (χ0) is 16.2. The number of rotatable bonds is 4. The number of benzene rings is 1. The predicted molar refractivity (Wildman–Crippen MR) is 83.0 cm³/mol. The Bertz CT molecular complexity index is 660. The first kappa shape index (κ1) is 15.5. The fourth-order valence-electron chi connectivity index (χ4n) is 2.58. The van der Waals surface area contributed by atoms with Crippen LogP contribution >= 0.6 is 0 Å². The number of phenols is 1. The summed E-state index contributed by atoms with van der Waals surface area (Å²) in [5.74, 6) is 1.44. The Morgan fingerprint density at radius 1 is 1.13 bits per heavy atom. The van der Waals surface area contributed by atoms with Crippen molar-refractivity contribution < 1.29 is 14.3 Å². The van der Waals surface area contributed by atoms with Gasteiger partial charge < -0.3 is 14.4 Å². The summed E-state index contributed by atoms with van der Waals surface area (Å²) in [6.07, 6.45) is 0.738. The number of aromatic nitrogens is 2. The highest BCUT2D eigenvalue weighted by atomic mass is 16.4. The topological polar surface area (TPSA) is 82.7 Å². The number of carbonyl (C=O) groups excluding carboxylic acids is 1. The van der Waals surface area contributed by atoms with Crippen molar-refractivity contribution in [3.63, 3.8) is 0 Å². The quantitative estimate of drug-likeness (QED) is 0.915. The van der Waals surface area contributed by atoms with Gasteiger partial charge in [0.2, 0.25) is 11.8 Å². The van der Waals surface area contributed by atoms with E-state index >= 15 is 0 Å². The van der Waals surface area contributed by atoms with Gasteiger partial charge in [-0.3, -0.25) is 9.69 Å². The lowest BCUT2D eigenvalue weighted by Crippen LogP contribution is -2.48. The van der Waals surface area contributed by atoms with Crippen LogP contribution in [-0.2, 0) is 13.0 Å². The van der Waals surface area contributed by atoms with Crippen LogP contribution in [0.1, 0.15) is 29.1 Å². The van der Waals surface area contributed by atoms with Gasteiger partial charge in [0.15, 0.2) is 0 Å². The highest BCUT2D eigenvalue weighted by Gasteiger charge is 2.23. The zero-order valence-corrected chi connectivity index (χ0v) is 13.1. The maximum absolute atomic E-state index is 12.4. The number of amides is 1. The fourth-order valence-corrected chi connectivity index (χ4v) is 2.58. The molecule has 1 saturated heterocycles. The molecule has 23 heavy (non-hydrogen) atoms. The lowest BCUT2D eigenvalue weighted by molar-refractivity contribution is 0.0617. The van der Waals surface area contributed by atoms with Crippen molar-refractivity contribution in [2.24, 2.45) is 0 Å². The summed E-state index contributed by atoms with van der Waals surface area (Å²) in [5, 5.41) is 17.3. The average molecular weight is 316 g/mol. The molecule has 0 atom stereocenters. The average Bonchev–Trinajstić information content (AvgIpc) is 3.03. The normalized spacial score (nSPS) is 15.8. The van der Waals surface area contributed by atoms with Crippen molar-refractivity contribution in [3.05, 3.63) is 41.6 Å². The number of nitrogens with zero attached hydrogens (tertiary/aromatic N) is 4. The molecule has 1 aromatic heterocycles. The molecule has 1 aromatic carbocycles. The molecule has 0 saturated carbocycles. The monoisotopic (exact) mass is 316 g/mol. The number of aromatic hydroxyl groups is 1. The molecule has 0 unspecified atom stereocenters. The zero-order valence-electron chi connectivity index (χ0n) is 13.1. The third kappa shape index (κ3) is 3.68. The Hall–Kier alpha value is -2.41. The molecule has 1 aliphatic heterocycles. The Balaban J connectivity index is 1.53. The van der Waals surface area contributed by atoms with Gasteiger partial charge in [-0.05, 0) is 24.3 Å². The summed E-state index contributed by atoms with van der Waals surface area (Å²) in [5.41, 5.74) is 0.598.